The predicted octanol–water partition coefficient (Wildman–Crippen LogP) is 2.18. The fourth-order valence-electron chi connectivity index (χ4n) is 2.91. The Bertz CT molecular complexity index is 604. The van der Waals surface area contributed by atoms with Crippen molar-refractivity contribution >= 4 is 35.8 Å². The minimum atomic E-state index is -0.0452. The molecule has 2 rings (SSSR count). The number of rotatable bonds is 7. The number of methoxy groups -OCH3 is 2. The van der Waals surface area contributed by atoms with Crippen molar-refractivity contribution in [3.8, 4) is 11.5 Å². The molecule has 0 saturated heterocycles. The molecule has 1 aliphatic rings. The van der Waals surface area contributed by atoms with Crippen molar-refractivity contribution in [2.45, 2.75) is 44.7 Å². The molecule has 1 saturated carbocycles. The van der Waals surface area contributed by atoms with Gasteiger partial charge in [-0.1, -0.05) is 25.3 Å². The van der Waals surface area contributed by atoms with Gasteiger partial charge in [0, 0.05) is 6.04 Å². The van der Waals surface area contributed by atoms with Gasteiger partial charge in [-0.2, -0.15) is 0 Å². The summed E-state index contributed by atoms with van der Waals surface area (Å²) in [6.45, 7) is 0.529. The standard InChI is InChI=1S/C18H28N4O3.HI/c1-24-15-9-8-13(10-16(15)25-2)11-20-18(19)21-12-17(23)22-14-6-4-3-5-7-14;/h8-10,14H,3-7,11-12H2,1-2H3,(H,22,23)(H3,19,20,21);1H. The highest BCUT2D eigenvalue weighted by Gasteiger charge is 2.15. The van der Waals surface area contributed by atoms with Crippen LogP contribution in [0.4, 0.5) is 0 Å². The third kappa shape index (κ3) is 7.27. The molecule has 0 heterocycles. The first-order valence-corrected chi connectivity index (χ1v) is 8.66. The van der Waals surface area contributed by atoms with Crippen molar-refractivity contribution in [2.75, 3.05) is 20.8 Å². The third-order valence-electron chi connectivity index (χ3n) is 4.28. The van der Waals surface area contributed by atoms with E-state index in [2.05, 4.69) is 15.6 Å². The van der Waals surface area contributed by atoms with Gasteiger partial charge >= 0.3 is 0 Å². The Balaban J connectivity index is 0.00000338. The van der Waals surface area contributed by atoms with Gasteiger partial charge in [0.25, 0.3) is 0 Å². The lowest BCUT2D eigenvalue weighted by atomic mass is 9.95. The van der Waals surface area contributed by atoms with Crippen LogP contribution in [0.2, 0.25) is 0 Å². The van der Waals surface area contributed by atoms with E-state index in [1.165, 1.54) is 19.3 Å². The van der Waals surface area contributed by atoms with Crippen LogP contribution in [-0.2, 0) is 11.3 Å². The van der Waals surface area contributed by atoms with Crippen LogP contribution in [0.15, 0.2) is 23.2 Å². The molecule has 1 aromatic carbocycles. The molecule has 0 bridgehead atoms. The molecule has 0 aliphatic heterocycles. The number of amides is 1. The molecule has 0 radical (unpaired) electrons. The number of hydrogen-bond acceptors (Lipinski definition) is 4. The first-order valence-electron chi connectivity index (χ1n) is 8.66. The summed E-state index contributed by atoms with van der Waals surface area (Å²) in [5.41, 5.74) is 6.77. The molecule has 26 heavy (non-hydrogen) atoms. The van der Waals surface area contributed by atoms with Crippen molar-refractivity contribution in [3.05, 3.63) is 23.8 Å². The SMILES string of the molecule is COc1ccc(CN=C(N)NCC(=O)NC2CCCCC2)cc1OC.I. The van der Waals surface area contributed by atoms with Gasteiger partial charge in [-0.15, -0.1) is 24.0 Å². The van der Waals surface area contributed by atoms with Crippen molar-refractivity contribution in [1.82, 2.24) is 10.6 Å². The van der Waals surface area contributed by atoms with Gasteiger partial charge in [-0.25, -0.2) is 4.99 Å². The first kappa shape index (κ1) is 22.3. The zero-order valence-electron chi connectivity index (χ0n) is 15.4. The van der Waals surface area contributed by atoms with Gasteiger partial charge in [0.15, 0.2) is 17.5 Å². The van der Waals surface area contributed by atoms with E-state index in [0.717, 1.165) is 18.4 Å². The molecule has 0 unspecified atom stereocenters. The van der Waals surface area contributed by atoms with Crippen LogP contribution in [0.3, 0.4) is 0 Å². The maximum atomic E-state index is 11.9. The zero-order valence-corrected chi connectivity index (χ0v) is 17.7. The highest BCUT2D eigenvalue weighted by molar-refractivity contribution is 14.0. The van der Waals surface area contributed by atoms with Crippen LogP contribution < -0.4 is 25.8 Å². The highest BCUT2D eigenvalue weighted by atomic mass is 127. The smallest absolute Gasteiger partial charge is 0.239 e. The topological polar surface area (TPSA) is 98.0 Å². The maximum absolute atomic E-state index is 11.9. The average molecular weight is 476 g/mol. The predicted molar refractivity (Wildman–Crippen MR) is 113 cm³/mol. The van der Waals surface area contributed by atoms with Crippen LogP contribution in [0.5, 0.6) is 11.5 Å². The van der Waals surface area contributed by atoms with E-state index < -0.39 is 0 Å². The van der Waals surface area contributed by atoms with E-state index in [9.17, 15) is 4.79 Å². The molecule has 0 aromatic heterocycles. The van der Waals surface area contributed by atoms with E-state index in [1.807, 2.05) is 18.2 Å². The molecule has 0 atom stereocenters. The molecule has 1 amide bonds. The average Bonchev–Trinajstić information content (AvgIpc) is 2.65. The number of nitrogens with two attached hydrogens (primary N) is 1. The lowest BCUT2D eigenvalue weighted by Crippen LogP contribution is -2.44. The van der Waals surface area contributed by atoms with E-state index >= 15 is 0 Å². The summed E-state index contributed by atoms with van der Waals surface area (Å²) in [5, 5.41) is 5.89. The molecule has 7 nitrogen and oxygen atoms in total. The van der Waals surface area contributed by atoms with Gasteiger partial charge < -0.3 is 25.8 Å². The van der Waals surface area contributed by atoms with Crippen molar-refractivity contribution in [3.63, 3.8) is 0 Å². The summed E-state index contributed by atoms with van der Waals surface area (Å²) in [7, 11) is 3.18. The number of hydrogen-bond donors (Lipinski definition) is 3. The second-order valence-corrected chi connectivity index (χ2v) is 6.15. The molecular weight excluding hydrogens is 447 g/mol. The summed E-state index contributed by atoms with van der Waals surface area (Å²) in [6.07, 6.45) is 5.77. The van der Waals surface area contributed by atoms with Crippen LogP contribution in [0.25, 0.3) is 0 Å². The summed E-state index contributed by atoms with van der Waals surface area (Å²) in [5.74, 6) is 1.51. The molecule has 1 aromatic rings. The summed E-state index contributed by atoms with van der Waals surface area (Å²) in [4.78, 5) is 16.2. The van der Waals surface area contributed by atoms with Crippen LogP contribution in [-0.4, -0.2) is 38.7 Å². The molecule has 146 valence electrons. The monoisotopic (exact) mass is 476 g/mol. The first-order chi connectivity index (χ1) is 12.1. The number of carbonyl (C=O) groups excluding carboxylic acids is 1. The Morgan fingerprint density at radius 2 is 1.88 bits per heavy atom. The number of nitrogens with one attached hydrogen (secondary N) is 2. The number of nitrogens with zero attached hydrogens (tertiary/aromatic N) is 1. The normalized spacial score (nSPS) is 14.9. The fraction of sp³-hybridized carbons (Fsp3) is 0.556. The number of carbonyl (C=O) groups is 1. The Morgan fingerprint density at radius 1 is 1.19 bits per heavy atom. The number of aliphatic imine (C=N–C) groups is 1. The highest BCUT2D eigenvalue weighted by Crippen LogP contribution is 2.27. The van der Waals surface area contributed by atoms with Gasteiger partial charge in [0.05, 0.1) is 27.3 Å². The van der Waals surface area contributed by atoms with E-state index in [0.29, 0.717) is 24.1 Å². The molecule has 1 aliphatic carbocycles. The van der Waals surface area contributed by atoms with Crippen LogP contribution in [0.1, 0.15) is 37.7 Å². The summed E-state index contributed by atoms with van der Waals surface area (Å²) >= 11 is 0. The van der Waals surface area contributed by atoms with Crippen molar-refractivity contribution in [1.29, 1.82) is 0 Å². The summed E-state index contributed by atoms with van der Waals surface area (Å²) < 4.78 is 10.5. The third-order valence-corrected chi connectivity index (χ3v) is 4.28. The van der Waals surface area contributed by atoms with E-state index in [1.54, 1.807) is 14.2 Å². The number of guanidine groups is 1. The van der Waals surface area contributed by atoms with Gasteiger partial charge in [-0.3, -0.25) is 4.79 Å². The largest absolute Gasteiger partial charge is 0.493 e. The van der Waals surface area contributed by atoms with Crippen molar-refractivity contribution in [2.24, 2.45) is 10.7 Å². The van der Waals surface area contributed by atoms with Gasteiger partial charge in [0.2, 0.25) is 5.91 Å². The molecular formula is C18H29IN4O3. The second kappa shape index (κ2) is 11.8. The molecule has 0 spiro atoms. The van der Waals surface area contributed by atoms with Gasteiger partial charge in [-0.05, 0) is 30.5 Å². The number of benzene rings is 1. The quantitative estimate of drug-likeness (QED) is 0.319. The summed E-state index contributed by atoms with van der Waals surface area (Å²) in [6, 6.07) is 5.87. The minimum absolute atomic E-state index is 0. The zero-order chi connectivity index (χ0) is 18.1. The van der Waals surface area contributed by atoms with Crippen LogP contribution in [0, 0.1) is 0 Å². The fourth-order valence-corrected chi connectivity index (χ4v) is 2.91. The Morgan fingerprint density at radius 3 is 2.54 bits per heavy atom. The van der Waals surface area contributed by atoms with Crippen LogP contribution >= 0.6 is 24.0 Å². The van der Waals surface area contributed by atoms with Gasteiger partial charge in [0.1, 0.15) is 0 Å². The van der Waals surface area contributed by atoms with E-state index in [-0.39, 0.29) is 42.4 Å². The van der Waals surface area contributed by atoms with Crippen molar-refractivity contribution < 1.29 is 14.3 Å². The maximum Gasteiger partial charge on any atom is 0.239 e. The number of ether oxygens (including phenoxy) is 2. The lowest BCUT2D eigenvalue weighted by Gasteiger charge is -2.22. The minimum Gasteiger partial charge on any atom is -0.493 e. The molecule has 8 heteroatoms. The second-order valence-electron chi connectivity index (χ2n) is 6.15. The molecule has 1 fully saturated rings. The lowest BCUT2D eigenvalue weighted by molar-refractivity contribution is -0.120. The Hall–Kier alpha value is -1.71. The molecule has 4 N–H and O–H groups in total. The Kier molecular flexibility index (Phi) is 10.2. The Labute approximate surface area is 172 Å². The van der Waals surface area contributed by atoms with E-state index in [4.69, 9.17) is 15.2 Å². The number of halogens is 1.